The number of urea groups is 1. The standard InChI is InChI=1S/C14H21N3O4/c1-9(2)7-12(13(18)17-20)16-14(19)15-10-5-4-6-11(8-10)21-3/h4-6,8-9,12,20H,7H2,1-3H3,(H,17,18)(H2,15,16,19)/t12-/m0/s1. The van der Waals surface area contributed by atoms with E-state index < -0.39 is 18.0 Å². The largest absolute Gasteiger partial charge is 0.497 e. The van der Waals surface area contributed by atoms with E-state index in [0.717, 1.165) is 0 Å². The third-order valence-corrected chi connectivity index (χ3v) is 2.77. The molecule has 4 N–H and O–H groups in total. The summed E-state index contributed by atoms with van der Waals surface area (Å²) in [6.07, 6.45) is 0.415. The van der Waals surface area contributed by atoms with Crippen LogP contribution in [-0.4, -0.2) is 30.3 Å². The molecule has 0 aliphatic heterocycles. The van der Waals surface area contributed by atoms with Gasteiger partial charge in [0.15, 0.2) is 0 Å². The van der Waals surface area contributed by atoms with Crippen LogP contribution in [0.2, 0.25) is 0 Å². The van der Waals surface area contributed by atoms with Crippen molar-refractivity contribution in [1.29, 1.82) is 0 Å². The van der Waals surface area contributed by atoms with Gasteiger partial charge in [-0.2, -0.15) is 0 Å². The van der Waals surface area contributed by atoms with E-state index >= 15 is 0 Å². The third-order valence-electron chi connectivity index (χ3n) is 2.77. The van der Waals surface area contributed by atoms with Crippen LogP contribution in [-0.2, 0) is 4.79 Å². The Hall–Kier alpha value is -2.28. The molecular formula is C14H21N3O4. The predicted molar refractivity (Wildman–Crippen MR) is 78.3 cm³/mol. The fraction of sp³-hybridized carbons (Fsp3) is 0.429. The Kier molecular flexibility index (Phi) is 6.48. The van der Waals surface area contributed by atoms with Crippen LogP contribution < -0.4 is 20.9 Å². The molecule has 1 atom stereocenters. The summed E-state index contributed by atoms with van der Waals surface area (Å²) in [6, 6.07) is 5.51. The molecule has 0 aliphatic carbocycles. The van der Waals surface area contributed by atoms with Crippen LogP contribution in [0.1, 0.15) is 20.3 Å². The molecule has 7 nitrogen and oxygen atoms in total. The van der Waals surface area contributed by atoms with E-state index in [1.807, 2.05) is 13.8 Å². The van der Waals surface area contributed by atoms with Gasteiger partial charge in [0.05, 0.1) is 7.11 Å². The molecule has 0 bridgehead atoms. The first-order chi connectivity index (χ1) is 9.96. The summed E-state index contributed by atoms with van der Waals surface area (Å²) < 4.78 is 5.06. The van der Waals surface area contributed by atoms with E-state index in [1.54, 1.807) is 29.7 Å². The molecule has 0 saturated carbocycles. The third kappa shape index (κ3) is 5.70. The zero-order valence-corrected chi connectivity index (χ0v) is 12.3. The summed E-state index contributed by atoms with van der Waals surface area (Å²) in [5, 5.41) is 13.8. The van der Waals surface area contributed by atoms with Gasteiger partial charge in [-0.15, -0.1) is 0 Å². The first-order valence-electron chi connectivity index (χ1n) is 6.61. The zero-order chi connectivity index (χ0) is 15.8. The van der Waals surface area contributed by atoms with Gasteiger partial charge in [-0.3, -0.25) is 10.0 Å². The van der Waals surface area contributed by atoms with Crippen molar-refractivity contribution in [3.63, 3.8) is 0 Å². The summed E-state index contributed by atoms with van der Waals surface area (Å²) in [5.74, 6) is 0.147. The van der Waals surface area contributed by atoms with Gasteiger partial charge in [0.1, 0.15) is 11.8 Å². The highest BCUT2D eigenvalue weighted by molar-refractivity contribution is 5.93. The number of anilines is 1. The van der Waals surface area contributed by atoms with Gasteiger partial charge in [0, 0.05) is 11.8 Å². The summed E-state index contributed by atoms with van der Waals surface area (Å²) in [4.78, 5) is 23.4. The van der Waals surface area contributed by atoms with Crippen molar-refractivity contribution in [2.24, 2.45) is 5.92 Å². The average Bonchev–Trinajstić information content (AvgIpc) is 2.45. The molecular weight excluding hydrogens is 274 g/mol. The van der Waals surface area contributed by atoms with E-state index in [1.165, 1.54) is 7.11 Å². The monoisotopic (exact) mass is 295 g/mol. The van der Waals surface area contributed by atoms with Crippen LogP contribution >= 0.6 is 0 Å². The van der Waals surface area contributed by atoms with Gasteiger partial charge in [0.25, 0.3) is 5.91 Å². The molecule has 0 aliphatic rings. The number of hydroxylamine groups is 1. The molecule has 0 heterocycles. The van der Waals surface area contributed by atoms with E-state index in [9.17, 15) is 9.59 Å². The van der Waals surface area contributed by atoms with Crippen LogP contribution in [0.4, 0.5) is 10.5 Å². The minimum absolute atomic E-state index is 0.185. The number of hydrogen-bond acceptors (Lipinski definition) is 4. The molecule has 3 amide bonds. The number of rotatable bonds is 6. The Morgan fingerprint density at radius 2 is 2.05 bits per heavy atom. The summed E-state index contributed by atoms with van der Waals surface area (Å²) in [7, 11) is 1.53. The Morgan fingerprint density at radius 1 is 1.33 bits per heavy atom. The van der Waals surface area contributed by atoms with Gasteiger partial charge < -0.3 is 15.4 Å². The number of carbonyl (C=O) groups excluding carboxylic acids is 2. The first-order valence-corrected chi connectivity index (χ1v) is 6.61. The quantitative estimate of drug-likeness (QED) is 0.474. The number of benzene rings is 1. The molecule has 7 heteroatoms. The molecule has 0 radical (unpaired) electrons. The van der Waals surface area contributed by atoms with Gasteiger partial charge >= 0.3 is 6.03 Å². The van der Waals surface area contributed by atoms with Crippen LogP contribution in [0.15, 0.2) is 24.3 Å². The lowest BCUT2D eigenvalue weighted by atomic mass is 10.0. The molecule has 0 spiro atoms. The van der Waals surface area contributed by atoms with Crippen molar-refractivity contribution in [2.45, 2.75) is 26.3 Å². The minimum Gasteiger partial charge on any atom is -0.497 e. The number of hydrogen-bond donors (Lipinski definition) is 4. The second-order valence-corrected chi connectivity index (χ2v) is 4.99. The first kappa shape index (κ1) is 16.8. The lowest BCUT2D eigenvalue weighted by Gasteiger charge is -2.19. The maximum atomic E-state index is 11.9. The molecule has 0 aromatic heterocycles. The highest BCUT2D eigenvalue weighted by atomic mass is 16.5. The SMILES string of the molecule is COc1cccc(NC(=O)N[C@@H](CC(C)C)C(=O)NO)c1. The molecule has 21 heavy (non-hydrogen) atoms. The molecule has 116 valence electrons. The number of methoxy groups -OCH3 is 1. The van der Waals surface area contributed by atoms with Gasteiger partial charge in [-0.25, -0.2) is 10.3 Å². The van der Waals surface area contributed by atoms with Gasteiger partial charge in [0.2, 0.25) is 0 Å². The molecule has 1 aromatic carbocycles. The lowest BCUT2D eigenvalue weighted by Crippen LogP contribution is -2.48. The van der Waals surface area contributed by atoms with Crippen molar-refractivity contribution in [3.8, 4) is 5.75 Å². The fourth-order valence-corrected chi connectivity index (χ4v) is 1.81. The second-order valence-electron chi connectivity index (χ2n) is 4.99. The highest BCUT2D eigenvalue weighted by Crippen LogP contribution is 2.16. The summed E-state index contributed by atoms with van der Waals surface area (Å²) in [5.41, 5.74) is 2.10. The Bertz CT molecular complexity index is 491. The number of carbonyl (C=O) groups is 2. The molecule has 0 unspecified atom stereocenters. The summed E-state index contributed by atoms with van der Waals surface area (Å²) >= 11 is 0. The molecule has 0 fully saturated rings. The average molecular weight is 295 g/mol. The molecule has 1 rings (SSSR count). The Balaban J connectivity index is 2.66. The second kappa shape index (κ2) is 8.11. The maximum absolute atomic E-state index is 11.9. The smallest absolute Gasteiger partial charge is 0.319 e. The van der Waals surface area contributed by atoms with Crippen molar-refractivity contribution < 1.29 is 19.5 Å². The lowest BCUT2D eigenvalue weighted by molar-refractivity contribution is -0.131. The van der Waals surface area contributed by atoms with Crippen LogP contribution in [0.3, 0.4) is 0 Å². The minimum atomic E-state index is -0.805. The fourth-order valence-electron chi connectivity index (χ4n) is 1.81. The zero-order valence-electron chi connectivity index (χ0n) is 12.3. The number of nitrogens with one attached hydrogen (secondary N) is 3. The van der Waals surface area contributed by atoms with E-state index in [-0.39, 0.29) is 5.92 Å². The Morgan fingerprint density at radius 3 is 2.62 bits per heavy atom. The van der Waals surface area contributed by atoms with Gasteiger partial charge in [-0.1, -0.05) is 19.9 Å². The van der Waals surface area contributed by atoms with Crippen molar-refractivity contribution >= 4 is 17.6 Å². The van der Waals surface area contributed by atoms with E-state index in [0.29, 0.717) is 17.9 Å². The van der Waals surface area contributed by atoms with Crippen molar-refractivity contribution in [1.82, 2.24) is 10.8 Å². The highest BCUT2D eigenvalue weighted by Gasteiger charge is 2.21. The molecule has 0 saturated heterocycles. The summed E-state index contributed by atoms with van der Waals surface area (Å²) in [6.45, 7) is 3.83. The Labute approximate surface area is 123 Å². The van der Waals surface area contributed by atoms with Crippen molar-refractivity contribution in [3.05, 3.63) is 24.3 Å². The normalized spacial score (nSPS) is 11.7. The number of amides is 3. The number of ether oxygens (including phenoxy) is 1. The van der Waals surface area contributed by atoms with Crippen LogP contribution in [0, 0.1) is 5.92 Å². The van der Waals surface area contributed by atoms with Gasteiger partial charge in [-0.05, 0) is 24.5 Å². The van der Waals surface area contributed by atoms with Crippen LogP contribution in [0.25, 0.3) is 0 Å². The topological polar surface area (TPSA) is 99.7 Å². The van der Waals surface area contributed by atoms with Crippen molar-refractivity contribution in [2.75, 3.05) is 12.4 Å². The van der Waals surface area contributed by atoms with E-state index in [4.69, 9.17) is 9.94 Å². The maximum Gasteiger partial charge on any atom is 0.319 e. The predicted octanol–water partition coefficient (Wildman–Crippen LogP) is 1.74. The van der Waals surface area contributed by atoms with Crippen LogP contribution in [0.5, 0.6) is 5.75 Å². The van der Waals surface area contributed by atoms with E-state index in [2.05, 4.69) is 10.6 Å². The molecule has 1 aromatic rings.